The van der Waals surface area contributed by atoms with E-state index < -0.39 is 9.84 Å². The largest absolute Gasteiger partial charge is 0.290 e. The Morgan fingerprint density at radius 3 is 2.83 bits per heavy atom. The molecule has 0 fully saturated rings. The molecular formula is C7H6O3S2. The summed E-state index contributed by atoms with van der Waals surface area (Å²) in [5.41, 5.74) is 0.326. The minimum absolute atomic E-state index is 0.0953. The third-order valence-corrected chi connectivity index (χ3v) is 5.18. The Hall–Kier alpha value is -0.680. The molecule has 12 heavy (non-hydrogen) atoms. The Kier molecular flexibility index (Phi) is 1.59. The molecule has 0 atom stereocenters. The second-order valence-electron chi connectivity index (χ2n) is 2.62. The fraction of sp³-hybridized carbons (Fsp3) is 0.286. The maximum absolute atomic E-state index is 11.3. The lowest BCUT2D eigenvalue weighted by Crippen LogP contribution is -2.04. The summed E-state index contributed by atoms with van der Waals surface area (Å²) in [6.07, 6.45) is 0.383. The first kappa shape index (κ1) is 7.94. The molecule has 1 aliphatic rings. The SMILES string of the molecule is O=c1ccsc2c1CCS2(=O)=O. The lowest BCUT2D eigenvalue weighted by atomic mass is 10.2. The zero-order valence-electron chi connectivity index (χ0n) is 6.11. The highest BCUT2D eigenvalue weighted by Crippen LogP contribution is 2.26. The van der Waals surface area contributed by atoms with E-state index in [9.17, 15) is 13.2 Å². The molecule has 0 unspecified atom stereocenters. The van der Waals surface area contributed by atoms with Gasteiger partial charge in [0.2, 0.25) is 0 Å². The van der Waals surface area contributed by atoms with Gasteiger partial charge in [-0.1, -0.05) is 0 Å². The van der Waals surface area contributed by atoms with Gasteiger partial charge in [-0.25, -0.2) is 8.42 Å². The Morgan fingerprint density at radius 1 is 1.42 bits per heavy atom. The van der Waals surface area contributed by atoms with Crippen molar-refractivity contribution in [1.29, 1.82) is 0 Å². The van der Waals surface area contributed by atoms with Crippen LogP contribution in [-0.2, 0) is 16.3 Å². The molecule has 0 bridgehead atoms. The number of fused-ring (bicyclic) bond motifs is 1. The first-order chi connectivity index (χ1) is 5.61. The summed E-state index contributed by atoms with van der Waals surface area (Å²) in [6, 6.07) is 1.42. The van der Waals surface area contributed by atoms with Gasteiger partial charge in [-0.2, -0.15) is 0 Å². The third-order valence-electron chi connectivity index (χ3n) is 1.84. The van der Waals surface area contributed by atoms with Gasteiger partial charge < -0.3 is 0 Å². The standard InChI is InChI=1S/C7H6O3S2/c8-6-1-3-11-7-5(6)2-4-12(7,9)10/h1,3H,2,4H2. The monoisotopic (exact) mass is 202 g/mol. The maximum atomic E-state index is 11.3. The van der Waals surface area contributed by atoms with Crippen molar-refractivity contribution in [1.82, 2.24) is 0 Å². The Bertz CT molecular complexity index is 470. The summed E-state index contributed by atoms with van der Waals surface area (Å²) in [6.45, 7) is 0. The molecule has 2 rings (SSSR count). The summed E-state index contributed by atoms with van der Waals surface area (Å²) < 4.78 is 22.8. The van der Waals surface area contributed by atoms with Crippen molar-refractivity contribution >= 4 is 21.2 Å². The summed E-state index contributed by atoms with van der Waals surface area (Å²) in [5, 5.41) is 1.53. The quantitative estimate of drug-likeness (QED) is 0.613. The van der Waals surface area contributed by atoms with Crippen molar-refractivity contribution < 1.29 is 8.42 Å². The van der Waals surface area contributed by atoms with Crippen molar-refractivity contribution in [2.24, 2.45) is 0 Å². The number of hydrogen-bond donors (Lipinski definition) is 0. The second-order valence-corrected chi connectivity index (χ2v) is 5.84. The van der Waals surface area contributed by atoms with Crippen LogP contribution < -0.4 is 5.43 Å². The van der Waals surface area contributed by atoms with Gasteiger partial charge in [0, 0.05) is 5.56 Å². The average Bonchev–Trinajstić information content (AvgIpc) is 2.30. The van der Waals surface area contributed by atoms with Crippen molar-refractivity contribution in [3.8, 4) is 0 Å². The Morgan fingerprint density at radius 2 is 2.17 bits per heavy atom. The highest BCUT2D eigenvalue weighted by atomic mass is 32.2. The van der Waals surface area contributed by atoms with Crippen LogP contribution in [0.1, 0.15) is 5.56 Å². The zero-order chi connectivity index (χ0) is 8.77. The predicted octanol–water partition coefficient (Wildman–Crippen LogP) is 0.438. The van der Waals surface area contributed by atoms with Crippen molar-refractivity contribution in [2.75, 3.05) is 5.75 Å². The van der Waals surface area contributed by atoms with E-state index in [1.807, 2.05) is 0 Å². The molecule has 0 aromatic carbocycles. The highest BCUT2D eigenvalue weighted by Gasteiger charge is 2.28. The molecule has 0 saturated heterocycles. The molecule has 1 aromatic heterocycles. The van der Waals surface area contributed by atoms with Gasteiger partial charge in [0.25, 0.3) is 0 Å². The number of rotatable bonds is 0. The van der Waals surface area contributed by atoms with Gasteiger partial charge in [0.05, 0.1) is 5.75 Å². The molecule has 0 N–H and O–H groups in total. The van der Waals surface area contributed by atoms with Gasteiger partial charge in [-0.3, -0.25) is 4.79 Å². The summed E-state index contributed by atoms with van der Waals surface area (Å²) in [7, 11) is -3.11. The highest BCUT2D eigenvalue weighted by molar-refractivity contribution is 7.93. The Balaban J connectivity index is 2.87. The molecule has 0 radical (unpaired) electrons. The summed E-state index contributed by atoms with van der Waals surface area (Å²) >= 11 is 1.13. The molecule has 3 nitrogen and oxygen atoms in total. The van der Waals surface area contributed by atoms with Gasteiger partial charge in [-0.05, 0) is 17.9 Å². The van der Waals surface area contributed by atoms with Gasteiger partial charge >= 0.3 is 0 Å². The fourth-order valence-electron chi connectivity index (χ4n) is 1.25. The van der Waals surface area contributed by atoms with E-state index in [1.165, 1.54) is 11.4 Å². The van der Waals surface area contributed by atoms with Crippen LogP contribution in [0.4, 0.5) is 0 Å². The van der Waals surface area contributed by atoms with Crippen LogP contribution in [-0.4, -0.2) is 14.2 Å². The van der Waals surface area contributed by atoms with Crippen molar-refractivity contribution in [3.05, 3.63) is 27.2 Å². The van der Waals surface area contributed by atoms with Gasteiger partial charge in [-0.15, -0.1) is 11.3 Å². The molecule has 0 aliphatic carbocycles. The van der Waals surface area contributed by atoms with Crippen LogP contribution in [0.15, 0.2) is 20.5 Å². The van der Waals surface area contributed by atoms with E-state index in [0.717, 1.165) is 11.3 Å². The minimum atomic E-state index is -3.11. The molecule has 0 spiro atoms. The summed E-state index contributed by atoms with van der Waals surface area (Å²) in [4.78, 5) is 11.1. The first-order valence-corrected chi connectivity index (χ1v) is 5.98. The molecule has 1 aromatic rings. The van der Waals surface area contributed by atoms with E-state index in [4.69, 9.17) is 0 Å². The molecule has 0 saturated carbocycles. The molecular weight excluding hydrogens is 196 g/mol. The average molecular weight is 202 g/mol. The number of sulfone groups is 1. The zero-order valence-corrected chi connectivity index (χ0v) is 7.74. The van der Waals surface area contributed by atoms with Gasteiger partial charge in [0.1, 0.15) is 4.21 Å². The molecule has 2 heterocycles. The smallest absolute Gasteiger partial charge is 0.188 e. The summed E-state index contributed by atoms with van der Waals surface area (Å²) in [5.74, 6) is 0.0953. The lowest BCUT2D eigenvalue weighted by molar-refractivity contribution is 0.601. The van der Waals surface area contributed by atoms with Crippen LogP contribution in [0.25, 0.3) is 0 Å². The van der Waals surface area contributed by atoms with Crippen LogP contribution in [0.2, 0.25) is 0 Å². The molecule has 1 aliphatic heterocycles. The van der Waals surface area contributed by atoms with Crippen molar-refractivity contribution in [2.45, 2.75) is 10.6 Å². The van der Waals surface area contributed by atoms with E-state index >= 15 is 0 Å². The second kappa shape index (κ2) is 2.40. The lowest BCUT2D eigenvalue weighted by Gasteiger charge is -1.92. The topological polar surface area (TPSA) is 51.2 Å². The fourth-order valence-corrected chi connectivity index (χ4v) is 4.14. The predicted molar refractivity (Wildman–Crippen MR) is 46.3 cm³/mol. The third kappa shape index (κ3) is 1.01. The van der Waals surface area contributed by atoms with E-state index in [2.05, 4.69) is 0 Å². The molecule has 5 heteroatoms. The van der Waals surface area contributed by atoms with Crippen LogP contribution in [0.3, 0.4) is 0 Å². The van der Waals surface area contributed by atoms with E-state index in [0.29, 0.717) is 12.0 Å². The molecule has 0 amide bonds. The Labute approximate surface area is 73.6 Å². The first-order valence-electron chi connectivity index (χ1n) is 3.45. The van der Waals surface area contributed by atoms with Crippen LogP contribution in [0, 0.1) is 0 Å². The van der Waals surface area contributed by atoms with Crippen LogP contribution >= 0.6 is 11.3 Å². The maximum Gasteiger partial charge on any atom is 0.188 e. The van der Waals surface area contributed by atoms with Crippen LogP contribution in [0.5, 0.6) is 0 Å². The van der Waals surface area contributed by atoms with Crippen molar-refractivity contribution in [3.63, 3.8) is 0 Å². The van der Waals surface area contributed by atoms with E-state index in [-0.39, 0.29) is 15.4 Å². The van der Waals surface area contributed by atoms with E-state index in [1.54, 1.807) is 0 Å². The molecule has 64 valence electrons. The normalized spacial score (nSPS) is 19.0. The minimum Gasteiger partial charge on any atom is -0.290 e. The number of hydrogen-bond acceptors (Lipinski definition) is 4. The van der Waals surface area contributed by atoms with Gasteiger partial charge in [0.15, 0.2) is 15.3 Å².